The number of benzene rings is 2. The molecule has 26 heavy (non-hydrogen) atoms. The Balaban J connectivity index is 1.39. The summed E-state index contributed by atoms with van der Waals surface area (Å²) in [6.07, 6.45) is 1.77. The highest BCUT2D eigenvalue weighted by Gasteiger charge is 2.12. The molecule has 0 saturated carbocycles. The Hall–Kier alpha value is -2.28. The molecule has 1 fully saturated rings. The fraction of sp³-hybridized carbons (Fsp3) is 0.300. The van der Waals surface area contributed by atoms with Crippen molar-refractivity contribution in [3.05, 3.63) is 60.2 Å². The molecule has 0 aromatic heterocycles. The molecule has 0 atom stereocenters. The molecule has 6 heteroatoms. The summed E-state index contributed by atoms with van der Waals surface area (Å²) >= 11 is 5.25. The predicted molar refractivity (Wildman–Crippen MR) is 110 cm³/mol. The topological polar surface area (TPSA) is 50.1 Å². The fourth-order valence-electron chi connectivity index (χ4n) is 2.86. The van der Waals surface area contributed by atoms with Crippen LogP contribution in [-0.4, -0.2) is 50.7 Å². The number of morpholine rings is 1. The second-order valence-corrected chi connectivity index (χ2v) is 6.63. The molecule has 2 aromatic carbocycles. The third-order valence-electron chi connectivity index (χ3n) is 4.36. The summed E-state index contributed by atoms with van der Waals surface area (Å²) in [5, 5.41) is 7.95. The molecule has 1 aliphatic rings. The number of thiocarbonyl (C=S) groups is 1. The van der Waals surface area contributed by atoms with E-state index in [1.165, 1.54) is 11.1 Å². The number of hydrogen-bond donors (Lipinski definition) is 3. The zero-order valence-corrected chi connectivity index (χ0v) is 15.6. The number of ether oxygens (including phenoxy) is 1. The minimum absolute atomic E-state index is 0.551. The molecule has 1 saturated heterocycles. The third-order valence-corrected chi connectivity index (χ3v) is 4.60. The molecule has 0 unspecified atom stereocenters. The third kappa shape index (κ3) is 5.91. The first kappa shape index (κ1) is 18.5. The Morgan fingerprint density at radius 1 is 1.04 bits per heavy atom. The SMILES string of the molecule is S=C(NCC[NH+]1CCOCC1)N/N=C\c1ccc(-c2ccccc2)cc1. The van der Waals surface area contributed by atoms with E-state index >= 15 is 0 Å². The molecule has 0 bridgehead atoms. The molecule has 0 spiro atoms. The van der Waals surface area contributed by atoms with Gasteiger partial charge >= 0.3 is 0 Å². The molecule has 0 aliphatic carbocycles. The number of hydrogen-bond acceptors (Lipinski definition) is 3. The average molecular weight is 370 g/mol. The molecule has 5 nitrogen and oxygen atoms in total. The number of nitrogens with zero attached hydrogens (tertiary/aromatic N) is 1. The fourth-order valence-corrected chi connectivity index (χ4v) is 3.01. The van der Waals surface area contributed by atoms with Crippen LogP contribution in [0.1, 0.15) is 5.56 Å². The molecule has 3 N–H and O–H groups in total. The van der Waals surface area contributed by atoms with Crippen molar-refractivity contribution >= 4 is 23.5 Å². The average Bonchev–Trinajstić information content (AvgIpc) is 2.70. The summed E-state index contributed by atoms with van der Waals surface area (Å²) in [5.41, 5.74) is 6.30. The van der Waals surface area contributed by atoms with Gasteiger partial charge in [-0.15, -0.1) is 0 Å². The highest BCUT2D eigenvalue weighted by Crippen LogP contribution is 2.18. The molecule has 0 amide bonds. The van der Waals surface area contributed by atoms with Crippen molar-refractivity contribution in [2.45, 2.75) is 0 Å². The normalized spacial score (nSPS) is 15.1. The number of hydrazone groups is 1. The number of nitrogens with one attached hydrogen (secondary N) is 3. The van der Waals surface area contributed by atoms with Gasteiger partial charge in [0.25, 0.3) is 0 Å². The summed E-state index contributed by atoms with van der Waals surface area (Å²) in [5.74, 6) is 0. The van der Waals surface area contributed by atoms with Crippen molar-refractivity contribution in [2.75, 3.05) is 39.4 Å². The molecule has 3 rings (SSSR count). The van der Waals surface area contributed by atoms with Crippen LogP contribution in [0.25, 0.3) is 11.1 Å². The monoisotopic (exact) mass is 369 g/mol. The Bertz CT molecular complexity index is 712. The van der Waals surface area contributed by atoms with Crippen LogP contribution >= 0.6 is 12.2 Å². The van der Waals surface area contributed by atoms with Crippen LogP contribution < -0.4 is 15.6 Å². The van der Waals surface area contributed by atoms with Gasteiger partial charge in [0.15, 0.2) is 5.11 Å². The maximum absolute atomic E-state index is 5.36. The highest BCUT2D eigenvalue weighted by molar-refractivity contribution is 7.80. The Morgan fingerprint density at radius 2 is 1.73 bits per heavy atom. The molecule has 1 aliphatic heterocycles. The first-order chi connectivity index (χ1) is 12.8. The van der Waals surface area contributed by atoms with Crippen LogP contribution in [-0.2, 0) is 4.74 Å². The summed E-state index contributed by atoms with van der Waals surface area (Å²) in [7, 11) is 0. The van der Waals surface area contributed by atoms with Crippen molar-refractivity contribution in [2.24, 2.45) is 5.10 Å². The highest BCUT2D eigenvalue weighted by atomic mass is 32.1. The van der Waals surface area contributed by atoms with E-state index in [2.05, 4.69) is 40.1 Å². The lowest BCUT2D eigenvalue weighted by molar-refractivity contribution is -0.906. The molecule has 136 valence electrons. The van der Waals surface area contributed by atoms with Crippen molar-refractivity contribution in [3.8, 4) is 11.1 Å². The van der Waals surface area contributed by atoms with E-state index < -0.39 is 0 Å². The first-order valence-corrected chi connectivity index (χ1v) is 9.36. The minimum Gasteiger partial charge on any atom is -0.370 e. The Morgan fingerprint density at radius 3 is 2.46 bits per heavy atom. The summed E-state index contributed by atoms with van der Waals surface area (Å²) in [6, 6.07) is 18.6. The first-order valence-electron chi connectivity index (χ1n) is 8.95. The lowest BCUT2D eigenvalue weighted by atomic mass is 10.0. The number of rotatable bonds is 6. The largest absolute Gasteiger partial charge is 0.370 e. The summed E-state index contributed by atoms with van der Waals surface area (Å²) < 4.78 is 5.36. The van der Waals surface area contributed by atoms with Crippen LogP contribution in [0, 0.1) is 0 Å². The quantitative estimate of drug-likeness (QED) is 0.405. The zero-order chi connectivity index (χ0) is 18.0. The maximum Gasteiger partial charge on any atom is 0.187 e. The lowest BCUT2D eigenvalue weighted by Gasteiger charge is -2.23. The molecule has 2 aromatic rings. The van der Waals surface area contributed by atoms with Gasteiger partial charge in [-0.05, 0) is 28.9 Å². The van der Waals surface area contributed by atoms with Gasteiger partial charge in [0.05, 0.1) is 32.5 Å². The second-order valence-electron chi connectivity index (χ2n) is 6.23. The van der Waals surface area contributed by atoms with Crippen molar-refractivity contribution < 1.29 is 9.64 Å². The van der Waals surface area contributed by atoms with Gasteiger partial charge in [0, 0.05) is 0 Å². The molecule has 1 heterocycles. The van der Waals surface area contributed by atoms with Crippen LogP contribution in [0.4, 0.5) is 0 Å². The van der Waals surface area contributed by atoms with Crippen molar-refractivity contribution in [1.82, 2.24) is 10.7 Å². The van der Waals surface area contributed by atoms with E-state index in [1.54, 1.807) is 11.1 Å². The summed E-state index contributed by atoms with van der Waals surface area (Å²) in [4.78, 5) is 1.55. The van der Waals surface area contributed by atoms with Gasteiger partial charge in [-0.2, -0.15) is 5.10 Å². The van der Waals surface area contributed by atoms with E-state index in [9.17, 15) is 0 Å². The number of quaternary nitrogens is 1. The van der Waals surface area contributed by atoms with Crippen LogP contribution in [0.2, 0.25) is 0 Å². The van der Waals surface area contributed by atoms with E-state index in [0.29, 0.717) is 5.11 Å². The van der Waals surface area contributed by atoms with Gasteiger partial charge in [-0.1, -0.05) is 54.6 Å². The van der Waals surface area contributed by atoms with Crippen LogP contribution in [0.3, 0.4) is 0 Å². The zero-order valence-electron chi connectivity index (χ0n) is 14.8. The van der Waals surface area contributed by atoms with E-state index in [4.69, 9.17) is 17.0 Å². The maximum atomic E-state index is 5.36. The minimum atomic E-state index is 0.551. The van der Waals surface area contributed by atoms with Crippen LogP contribution in [0.5, 0.6) is 0 Å². The van der Waals surface area contributed by atoms with E-state index in [-0.39, 0.29) is 0 Å². The van der Waals surface area contributed by atoms with Crippen LogP contribution in [0.15, 0.2) is 59.7 Å². The Labute approximate surface area is 160 Å². The summed E-state index contributed by atoms with van der Waals surface area (Å²) in [6.45, 7) is 5.72. The molecular weight excluding hydrogens is 344 g/mol. The van der Waals surface area contributed by atoms with E-state index in [1.807, 2.05) is 30.3 Å². The predicted octanol–water partition coefficient (Wildman–Crippen LogP) is 1.07. The lowest BCUT2D eigenvalue weighted by Crippen LogP contribution is -3.14. The van der Waals surface area contributed by atoms with Gasteiger partial charge in [0.2, 0.25) is 0 Å². The molecule has 0 radical (unpaired) electrons. The van der Waals surface area contributed by atoms with Crippen molar-refractivity contribution in [1.29, 1.82) is 0 Å². The van der Waals surface area contributed by atoms with Gasteiger partial charge in [-0.25, -0.2) is 0 Å². The second kappa shape index (κ2) is 10.0. The van der Waals surface area contributed by atoms with Gasteiger partial charge in [-0.3, -0.25) is 5.43 Å². The van der Waals surface area contributed by atoms with Gasteiger partial charge < -0.3 is 15.0 Å². The van der Waals surface area contributed by atoms with E-state index in [0.717, 1.165) is 45.0 Å². The smallest absolute Gasteiger partial charge is 0.187 e. The standard InChI is InChI=1S/C20H24N4OS/c26-20(21-10-11-24-12-14-25-15-13-24)23-22-16-17-6-8-19(9-7-17)18-4-2-1-3-5-18/h1-9,16H,10-15H2,(H2,21,23,26)/p+1/b22-16-. The molecular formula is C20H25N4OS+. The van der Waals surface area contributed by atoms with Crippen molar-refractivity contribution in [3.63, 3.8) is 0 Å². The Kier molecular flexibility index (Phi) is 7.13. The van der Waals surface area contributed by atoms with Gasteiger partial charge in [0.1, 0.15) is 13.1 Å².